The Morgan fingerprint density at radius 1 is 1.23 bits per heavy atom. The van der Waals surface area contributed by atoms with Gasteiger partial charge in [0.25, 0.3) is 0 Å². The van der Waals surface area contributed by atoms with E-state index < -0.39 is 0 Å². The Kier molecular flexibility index (Phi) is 6.01. The molecule has 6 heteroatoms. The molecule has 0 aromatic carbocycles. The Hall–Kier alpha value is -2.11. The van der Waals surface area contributed by atoms with Crippen LogP contribution in [-0.2, 0) is 17.6 Å². The number of piperidine rings is 1. The standard InChI is InChI=1S/C25H38N4O2/c1-16-13-17(2)29(26-16)18(3)14-23(30)28-11-9-19(10-12-28)24-21-15-20(25(4,5)6)7-8-22(21)27-31-24/h13,18-20H,7-12,14-15H2,1-6H3. The van der Waals surface area contributed by atoms with Crippen molar-refractivity contribution in [3.63, 3.8) is 0 Å². The van der Waals surface area contributed by atoms with Crippen LogP contribution in [-0.4, -0.2) is 38.8 Å². The van der Waals surface area contributed by atoms with Crippen LogP contribution in [0.25, 0.3) is 0 Å². The van der Waals surface area contributed by atoms with Crippen molar-refractivity contribution in [1.29, 1.82) is 0 Å². The molecule has 31 heavy (non-hydrogen) atoms. The van der Waals surface area contributed by atoms with Crippen molar-refractivity contribution in [2.45, 2.75) is 92.0 Å². The Bertz CT molecular complexity index is 928. The normalized spacial score (nSPS) is 21.2. The highest BCUT2D eigenvalue weighted by molar-refractivity contribution is 5.76. The monoisotopic (exact) mass is 426 g/mol. The number of likely N-dealkylation sites (tertiary alicyclic amines) is 1. The summed E-state index contributed by atoms with van der Waals surface area (Å²) in [6.45, 7) is 14.7. The van der Waals surface area contributed by atoms with Crippen molar-refractivity contribution in [2.75, 3.05) is 13.1 Å². The number of carbonyl (C=O) groups excluding carboxylic acids is 1. The van der Waals surface area contributed by atoms with Crippen LogP contribution in [0.4, 0.5) is 0 Å². The second-order valence-electron chi connectivity index (χ2n) is 10.9. The van der Waals surface area contributed by atoms with Crippen molar-refractivity contribution >= 4 is 5.91 Å². The lowest BCUT2D eigenvalue weighted by Gasteiger charge is -2.35. The van der Waals surface area contributed by atoms with E-state index in [4.69, 9.17) is 4.52 Å². The fourth-order valence-corrected chi connectivity index (χ4v) is 5.44. The molecular formula is C25H38N4O2. The van der Waals surface area contributed by atoms with Gasteiger partial charge in [-0.05, 0) is 70.3 Å². The summed E-state index contributed by atoms with van der Waals surface area (Å²) in [6.07, 6.45) is 5.73. The molecule has 0 radical (unpaired) electrons. The number of carbonyl (C=O) groups is 1. The summed E-state index contributed by atoms with van der Waals surface area (Å²) < 4.78 is 7.87. The number of fused-ring (bicyclic) bond motifs is 1. The summed E-state index contributed by atoms with van der Waals surface area (Å²) in [5.41, 5.74) is 4.97. The summed E-state index contributed by atoms with van der Waals surface area (Å²) in [5.74, 6) is 2.39. The molecule has 1 aliphatic carbocycles. The van der Waals surface area contributed by atoms with Crippen LogP contribution >= 0.6 is 0 Å². The predicted octanol–water partition coefficient (Wildman–Crippen LogP) is 5.00. The molecule has 2 aliphatic rings. The maximum Gasteiger partial charge on any atom is 0.224 e. The third-order valence-electron chi connectivity index (χ3n) is 7.46. The molecule has 2 unspecified atom stereocenters. The fourth-order valence-electron chi connectivity index (χ4n) is 5.44. The van der Waals surface area contributed by atoms with Crippen LogP contribution in [0.3, 0.4) is 0 Å². The summed E-state index contributed by atoms with van der Waals surface area (Å²) >= 11 is 0. The molecule has 4 rings (SSSR count). The molecular weight excluding hydrogens is 388 g/mol. The molecule has 0 saturated carbocycles. The first-order chi connectivity index (χ1) is 14.6. The molecule has 0 bridgehead atoms. The number of amides is 1. The van der Waals surface area contributed by atoms with E-state index in [2.05, 4.69) is 50.9 Å². The molecule has 3 heterocycles. The van der Waals surface area contributed by atoms with E-state index in [1.54, 1.807) is 0 Å². The highest BCUT2D eigenvalue weighted by Crippen LogP contribution is 2.41. The van der Waals surface area contributed by atoms with Crippen LogP contribution in [0.15, 0.2) is 10.6 Å². The van der Waals surface area contributed by atoms with Gasteiger partial charge in [-0.25, -0.2) is 0 Å². The molecule has 1 aliphatic heterocycles. The number of aryl methyl sites for hydroxylation is 3. The van der Waals surface area contributed by atoms with E-state index in [9.17, 15) is 4.79 Å². The third-order valence-corrected chi connectivity index (χ3v) is 7.46. The number of hydrogen-bond acceptors (Lipinski definition) is 4. The maximum atomic E-state index is 12.9. The first kappa shape index (κ1) is 22.1. The Balaban J connectivity index is 1.36. The molecule has 0 spiro atoms. The molecule has 170 valence electrons. The van der Waals surface area contributed by atoms with Gasteiger partial charge in [-0.3, -0.25) is 9.48 Å². The highest BCUT2D eigenvalue weighted by atomic mass is 16.5. The second-order valence-corrected chi connectivity index (χ2v) is 10.9. The molecule has 2 aromatic heterocycles. The quantitative estimate of drug-likeness (QED) is 0.690. The van der Waals surface area contributed by atoms with Crippen molar-refractivity contribution in [2.24, 2.45) is 11.3 Å². The van der Waals surface area contributed by atoms with E-state index in [1.807, 2.05) is 16.5 Å². The molecule has 6 nitrogen and oxygen atoms in total. The molecule has 1 amide bonds. The lowest BCUT2D eigenvalue weighted by Crippen LogP contribution is -2.39. The van der Waals surface area contributed by atoms with Crippen LogP contribution in [0.2, 0.25) is 0 Å². The largest absolute Gasteiger partial charge is 0.361 e. The molecule has 1 fully saturated rings. The average Bonchev–Trinajstić information content (AvgIpc) is 3.29. The lowest BCUT2D eigenvalue weighted by molar-refractivity contribution is -0.133. The predicted molar refractivity (Wildman–Crippen MR) is 121 cm³/mol. The second kappa shape index (κ2) is 8.44. The van der Waals surface area contributed by atoms with Crippen LogP contribution < -0.4 is 0 Å². The van der Waals surface area contributed by atoms with Gasteiger partial charge in [0, 0.05) is 36.7 Å². The Morgan fingerprint density at radius 3 is 2.55 bits per heavy atom. The minimum absolute atomic E-state index is 0.0783. The number of aromatic nitrogens is 3. The zero-order valence-corrected chi connectivity index (χ0v) is 20.1. The summed E-state index contributed by atoms with van der Waals surface area (Å²) in [7, 11) is 0. The summed E-state index contributed by atoms with van der Waals surface area (Å²) in [4.78, 5) is 15.0. The van der Waals surface area contributed by atoms with Gasteiger partial charge in [0.15, 0.2) is 0 Å². The van der Waals surface area contributed by atoms with Crippen molar-refractivity contribution in [3.05, 3.63) is 34.5 Å². The van der Waals surface area contributed by atoms with Crippen molar-refractivity contribution in [3.8, 4) is 0 Å². The van der Waals surface area contributed by atoms with Gasteiger partial charge in [-0.1, -0.05) is 25.9 Å². The zero-order valence-electron chi connectivity index (χ0n) is 20.1. The number of hydrogen-bond donors (Lipinski definition) is 0. The van der Waals surface area contributed by atoms with E-state index in [1.165, 1.54) is 17.7 Å². The third kappa shape index (κ3) is 4.58. The minimum Gasteiger partial charge on any atom is -0.361 e. The Morgan fingerprint density at radius 2 is 1.94 bits per heavy atom. The molecule has 0 N–H and O–H groups in total. The zero-order chi connectivity index (χ0) is 22.3. The summed E-state index contributed by atoms with van der Waals surface area (Å²) in [6, 6.07) is 2.14. The van der Waals surface area contributed by atoms with Crippen LogP contribution in [0.5, 0.6) is 0 Å². The average molecular weight is 427 g/mol. The number of nitrogens with zero attached hydrogens (tertiary/aromatic N) is 4. The topological polar surface area (TPSA) is 64.2 Å². The molecule has 2 aromatic rings. The van der Waals surface area contributed by atoms with Gasteiger partial charge in [-0.15, -0.1) is 0 Å². The minimum atomic E-state index is 0.0783. The van der Waals surface area contributed by atoms with Crippen molar-refractivity contribution < 1.29 is 9.32 Å². The van der Waals surface area contributed by atoms with Gasteiger partial charge in [0.2, 0.25) is 5.91 Å². The molecule has 1 saturated heterocycles. The van der Waals surface area contributed by atoms with Gasteiger partial charge in [0.05, 0.1) is 17.4 Å². The van der Waals surface area contributed by atoms with E-state index in [0.717, 1.165) is 55.9 Å². The van der Waals surface area contributed by atoms with E-state index in [0.29, 0.717) is 23.7 Å². The first-order valence-electron chi connectivity index (χ1n) is 11.9. The van der Waals surface area contributed by atoms with Crippen LogP contribution in [0, 0.1) is 25.2 Å². The summed E-state index contributed by atoms with van der Waals surface area (Å²) in [5, 5.41) is 8.97. The van der Waals surface area contributed by atoms with E-state index >= 15 is 0 Å². The van der Waals surface area contributed by atoms with Gasteiger partial charge < -0.3 is 9.42 Å². The van der Waals surface area contributed by atoms with Crippen LogP contribution in [0.1, 0.15) is 93.7 Å². The smallest absolute Gasteiger partial charge is 0.224 e. The van der Waals surface area contributed by atoms with E-state index in [-0.39, 0.29) is 11.9 Å². The number of rotatable bonds is 4. The fraction of sp³-hybridized carbons (Fsp3) is 0.720. The van der Waals surface area contributed by atoms with Crippen molar-refractivity contribution in [1.82, 2.24) is 19.8 Å². The van der Waals surface area contributed by atoms with Gasteiger partial charge in [-0.2, -0.15) is 5.10 Å². The maximum absolute atomic E-state index is 12.9. The molecule has 2 atom stereocenters. The van der Waals surface area contributed by atoms with Gasteiger partial charge >= 0.3 is 0 Å². The first-order valence-corrected chi connectivity index (χ1v) is 11.9. The Labute approximate surface area is 186 Å². The lowest BCUT2D eigenvalue weighted by atomic mass is 9.71. The highest BCUT2D eigenvalue weighted by Gasteiger charge is 2.35. The SMILES string of the molecule is Cc1cc(C)n(C(C)CC(=O)N2CCC(c3onc4c3CC(C(C)(C)C)CC4)CC2)n1. The van der Waals surface area contributed by atoms with Gasteiger partial charge in [0.1, 0.15) is 5.76 Å².